The normalized spacial score (nSPS) is 27.9. The molecule has 18 heavy (non-hydrogen) atoms. The molecule has 1 heterocycles. The zero-order valence-electron chi connectivity index (χ0n) is 11.3. The van der Waals surface area contributed by atoms with E-state index in [1.807, 2.05) is 11.7 Å². The van der Waals surface area contributed by atoms with Crippen molar-refractivity contribution in [3.8, 4) is 0 Å². The molecule has 1 fully saturated rings. The quantitative estimate of drug-likeness (QED) is 0.893. The Balaban J connectivity index is 2.19. The first-order chi connectivity index (χ1) is 8.69. The molecule has 0 amide bonds. The van der Waals surface area contributed by atoms with Crippen LogP contribution in [0.25, 0.3) is 0 Å². The van der Waals surface area contributed by atoms with Crippen molar-refractivity contribution in [1.29, 1.82) is 0 Å². The number of hydrogen-bond donors (Lipinski definition) is 1. The molecular weight excluding hydrogens is 250 g/mol. The highest BCUT2D eigenvalue weighted by Crippen LogP contribution is 2.41. The highest BCUT2D eigenvalue weighted by molar-refractivity contribution is 6.31. The SMILES string of the molecule is CNC1CCC(c2c(Cl)cnn2CCOC)C1C. The van der Waals surface area contributed by atoms with Gasteiger partial charge in [0.2, 0.25) is 0 Å². The van der Waals surface area contributed by atoms with Gasteiger partial charge in [-0.1, -0.05) is 18.5 Å². The molecule has 0 bridgehead atoms. The third kappa shape index (κ3) is 2.56. The van der Waals surface area contributed by atoms with Crippen LogP contribution in [0, 0.1) is 5.92 Å². The lowest BCUT2D eigenvalue weighted by atomic mass is 9.92. The second-order valence-electron chi connectivity index (χ2n) is 5.03. The van der Waals surface area contributed by atoms with Gasteiger partial charge in [-0.05, 0) is 25.8 Å². The van der Waals surface area contributed by atoms with Crippen LogP contribution in [0.2, 0.25) is 5.02 Å². The summed E-state index contributed by atoms with van der Waals surface area (Å²) in [5.74, 6) is 1.08. The summed E-state index contributed by atoms with van der Waals surface area (Å²) in [5, 5.41) is 8.55. The van der Waals surface area contributed by atoms with E-state index < -0.39 is 0 Å². The van der Waals surface area contributed by atoms with E-state index in [4.69, 9.17) is 16.3 Å². The van der Waals surface area contributed by atoms with Gasteiger partial charge in [0.25, 0.3) is 0 Å². The van der Waals surface area contributed by atoms with Gasteiger partial charge in [-0.25, -0.2) is 0 Å². The van der Waals surface area contributed by atoms with Crippen molar-refractivity contribution < 1.29 is 4.74 Å². The van der Waals surface area contributed by atoms with Crippen LogP contribution in [0.1, 0.15) is 31.4 Å². The fraction of sp³-hybridized carbons (Fsp3) is 0.769. The van der Waals surface area contributed by atoms with Crippen LogP contribution in [-0.2, 0) is 11.3 Å². The predicted molar refractivity (Wildman–Crippen MR) is 73.1 cm³/mol. The number of aromatic nitrogens is 2. The average molecular weight is 272 g/mol. The summed E-state index contributed by atoms with van der Waals surface area (Å²) in [7, 11) is 3.74. The number of ether oxygens (including phenoxy) is 1. The topological polar surface area (TPSA) is 39.1 Å². The maximum atomic E-state index is 6.32. The summed E-state index contributed by atoms with van der Waals surface area (Å²) < 4.78 is 7.13. The number of methoxy groups -OCH3 is 1. The minimum Gasteiger partial charge on any atom is -0.383 e. The Kier molecular flexibility index (Phi) is 4.65. The number of nitrogens with one attached hydrogen (secondary N) is 1. The van der Waals surface area contributed by atoms with Crippen molar-refractivity contribution in [1.82, 2.24) is 15.1 Å². The van der Waals surface area contributed by atoms with Crippen LogP contribution >= 0.6 is 11.6 Å². The smallest absolute Gasteiger partial charge is 0.0820 e. The molecule has 0 aromatic carbocycles. The Hall–Kier alpha value is -0.580. The van der Waals surface area contributed by atoms with Crippen molar-refractivity contribution in [2.24, 2.45) is 5.92 Å². The van der Waals surface area contributed by atoms with Crippen LogP contribution in [0.3, 0.4) is 0 Å². The first kappa shape index (κ1) is 13.8. The molecule has 1 aliphatic rings. The monoisotopic (exact) mass is 271 g/mol. The van der Waals surface area contributed by atoms with E-state index >= 15 is 0 Å². The first-order valence-corrected chi connectivity index (χ1v) is 6.94. The van der Waals surface area contributed by atoms with Crippen molar-refractivity contribution in [3.05, 3.63) is 16.9 Å². The van der Waals surface area contributed by atoms with E-state index in [1.54, 1.807) is 13.3 Å². The molecule has 1 aromatic heterocycles. The minimum absolute atomic E-state index is 0.495. The van der Waals surface area contributed by atoms with Gasteiger partial charge in [0.15, 0.2) is 0 Å². The van der Waals surface area contributed by atoms with Crippen molar-refractivity contribution in [2.45, 2.75) is 38.3 Å². The first-order valence-electron chi connectivity index (χ1n) is 6.56. The zero-order valence-corrected chi connectivity index (χ0v) is 12.1. The van der Waals surface area contributed by atoms with Crippen molar-refractivity contribution in [3.63, 3.8) is 0 Å². The van der Waals surface area contributed by atoms with Gasteiger partial charge >= 0.3 is 0 Å². The molecule has 2 rings (SSSR count). The fourth-order valence-corrected chi connectivity index (χ4v) is 3.34. The van der Waals surface area contributed by atoms with Gasteiger partial charge < -0.3 is 10.1 Å². The highest BCUT2D eigenvalue weighted by Gasteiger charge is 2.35. The molecule has 0 radical (unpaired) electrons. The molecule has 0 saturated heterocycles. The molecule has 5 heteroatoms. The van der Waals surface area contributed by atoms with E-state index in [9.17, 15) is 0 Å². The Bertz CT molecular complexity index is 394. The predicted octanol–water partition coefficient (Wildman–Crippen LogP) is 2.28. The summed E-state index contributed by atoms with van der Waals surface area (Å²) in [5.41, 5.74) is 1.18. The van der Waals surface area contributed by atoms with Crippen LogP contribution in [0.4, 0.5) is 0 Å². The molecule has 0 spiro atoms. The second-order valence-corrected chi connectivity index (χ2v) is 5.44. The number of halogens is 1. The summed E-state index contributed by atoms with van der Waals surface area (Å²) in [6, 6.07) is 0.580. The highest BCUT2D eigenvalue weighted by atomic mass is 35.5. The van der Waals surface area contributed by atoms with Crippen LogP contribution in [0.5, 0.6) is 0 Å². The number of rotatable bonds is 5. The maximum absolute atomic E-state index is 6.32. The summed E-state index contributed by atoms with van der Waals surface area (Å²) in [6.07, 6.45) is 4.13. The Labute approximate surface area is 114 Å². The van der Waals surface area contributed by atoms with E-state index in [0.717, 1.165) is 11.6 Å². The largest absolute Gasteiger partial charge is 0.383 e. The van der Waals surface area contributed by atoms with Gasteiger partial charge in [0.1, 0.15) is 0 Å². The molecule has 0 aliphatic heterocycles. The van der Waals surface area contributed by atoms with E-state index in [1.165, 1.54) is 18.5 Å². The van der Waals surface area contributed by atoms with Crippen LogP contribution in [0.15, 0.2) is 6.20 Å². The summed E-state index contributed by atoms with van der Waals surface area (Å²) >= 11 is 6.32. The molecule has 3 atom stereocenters. The van der Waals surface area contributed by atoms with Crippen molar-refractivity contribution in [2.75, 3.05) is 20.8 Å². The summed E-state index contributed by atoms with van der Waals surface area (Å²) in [4.78, 5) is 0. The van der Waals surface area contributed by atoms with E-state index in [-0.39, 0.29) is 0 Å². The number of nitrogens with zero attached hydrogens (tertiary/aromatic N) is 2. The average Bonchev–Trinajstić information content (AvgIpc) is 2.90. The third-order valence-electron chi connectivity index (χ3n) is 4.12. The Morgan fingerprint density at radius 3 is 2.94 bits per heavy atom. The van der Waals surface area contributed by atoms with Gasteiger partial charge in [0, 0.05) is 19.1 Å². The molecular formula is C13H22ClN3O. The van der Waals surface area contributed by atoms with E-state index in [2.05, 4.69) is 17.3 Å². The lowest BCUT2D eigenvalue weighted by molar-refractivity contribution is 0.181. The third-order valence-corrected chi connectivity index (χ3v) is 4.41. The van der Waals surface area contributed by atoms with Gasteiger partial charge in [-0.2, -0.15) is 5.10 Å². The minimum atomic E-state index is 0.495. The van der Waals surface area contributed by atoms with Crippen molar-refractivity contribution >= 4 is 11.6 Å². The maximum Gasteiger partial charge on any atom is 0.0820 e. The molecule has 1 saturated carbocycles. The lowest BCUT2D eigenvalue weighted by Crippen LogP contribution is -2.29. The lowest BCUT2D eigenvalue weighted by Gasteiger charge is -2.21. The van der Waals surface area contributed by atoms with Crippen LogP contribution < -0.4 is 5.32 Å². The Morgan fingerprint density at radius 2 is 2.33 bits per heavy atom. The molecule has 1 N–H and O–H groups in total. The Morgan fingerprint density at radius 1 is 1.56 bits per heavy atom. The molecule has 4 nitrogen and oxygen atoms in total. The molecule has 1 aliphatic carbocycles. The molecule has 1 aromatic rings. The van der Waals surface area contributed by atoms with Crippen LogP contribution in [-0.4, -0.2) is 36.6 Å². The molecule has 102 valence electrons. The van der Waals surface area contributed by atoms with Gasteiger partial charge in [-0.3, -0.25) is 4.68 Å². The zero-order chi connectivity index (χ0) is 13.1. The second kappa shape index (κ2) is 6.04. The van der Waals surface area contributed by atoms with E-state index in [0.29, 0.717) is 24.5 Å². The summed E-state index contributed by atoms with van der Waals surface area (Å²) in [6.45, 7) is 3.73. The standard InChI is InChI=1S/C13H22ClN3O/c1-9-10(4-5-12(9)15-2)13-11(14)8-16-17(13)6-7-18-3/h8-10,12,15H,4-7H2,1-3H3. The molecule has 3 unspecified atom stereocenters. The number of hydrogen-bond acceptors (Lipinski definition) is 3. The van der Waals surface area contributed by atoms with Gasteiger partial charge in [0.05, 0.1) is 30.1 Å². The van der Waals surface area contributed by atoms with Gasteiger partial charge in [-0.15, -0.1) is 0 Å². The fourth-order valence-electron chi connectivity index (χ4n) is 3.05.